The Morgan fingerprint density at radius 1 is 1.07 bits per heavy atom. The number of morpholine rings is 1. The number of hydrogen-bond donors (Lipinski definition) is 1. The zero-order valence-corrected chi connectivity index (χ0v) is 18.5. The Morgan fingerprint density at radius 2 is 1.87 bits per heavy atom. The fraction of sp³-hybridized carbons (Fsp3) is 0.375. The van der Waals surface area contributed by atoms with E-state index in [4.69, 9.17) is 16.3 Å². The van der Waals surface area contributed by atoms with Crippen molar-refractivity contribution in [1.29, 1.82) is 0 Å². The van der Waals surface area contributed by atoms with Gasteiger partial charge in [0.1, 0.15) is 0 Å². The lowest BCUT2D eigenvalue weighted by Gasteiger charge is -2.32. The van der Waals surface area contributed by atoms with Gasteiger partial charge in [-0.05, 0) is 61.1 Å². The van der Waals surface area contributed by atoms with Crippen LogP contribution in [0.25, 0.3) is 10.9 Å². The molecule has 1 aromatic heterocycles. The number of pyridine rings is 1. The lowest BCUT2D eigenvalue weighted by molar-refractivity contribution is 0.122. The molecule has 0 radical (unpaired) electrons. The van der Waals surface area contributed by atoms with Gasteiger partial charge in [-0.2, -0.15) is 0 Å². The number of rotatable bonds is 7. The number of benzene rings is 2. The normalized spacial score (nSPS) is 14.5. The third-order valence-corrected chi connectivity index (χ3v) is 5.94. The average Bonchev–Trinajstić information content (AvgIpc) is 2.78. The molecule has 0 bridgehead atoms. The highest BCUT2D eigenvalue weighted by Crippen LogP contribution is 2.31. The largest absolute Gasteiger partial charge is 0.378 e. The van der Waals surface area contributed by atoms with Crippen LogP contribution in [0.3, 0.4) is 0 Å². The molecule has 158 valence electrons. The third-order valence-electron chi connectivity index (χ3n) is 5.70. The standard InChI is InChI=1S/C24H29ClN4O/c1-3-28(4-2)17-18-15-20(6-8-24(18)29-11-13-30-14-12-29)27-22-9-10-26-23-16-19(25)5-7-21(22)23/h5-10,15-16H,3-4,11-14,17H2,1-2H3,(H,26,27). The van der Waals surface area contributed by atoms with E-state index >= 15 is 0 Å². The highest BCUT2D eigenvalue weighted by molar-refractivity contribution is 6.31. The molecule has 5 nitrogen and oxygen atoms in total. The van der Waals surface area contributed by atoms with E-state index in [0.717, 1.165) is 68.2 Å². The Kier molecular flexibility index (Phi) is 6.72. The molecule has 1 aliphatic rings. The quantitative estimate of drug-likeness (QED) is 0.556. The Balaban J connectivity index is 1.67. The number of fused-ring (bicyclic) bond motifs is 1. The second kappa shape index (κ2) is 9.65. The van der Waals surface area contributed by atoms with Gasteiger partial charge in [0.25, 0.3) is 0 Å². The fourth-order valence-corrected chi connectivity index (χ4v) is 4.14. The van der Waals surface area contributed by atoms with Gasteiger partial charge in [-0.1, -0.05) is 25.4 Å². The van der Waals surface area contributed by atoms with E-state index in [0.29, 0.717) is 5.02 Å². The molecular formula is C24H29ClN4O. The van der Waals surface area contributed by atoms with Crippen LogP contribution in [0.4, 0.5) is 17.1 Å². The Morgan fingerprint density at radius 3 is 2.63 bits per heavy atom. The molecule has 30 heavy (non-hydrogen) atoms. The maximum absolute atomic E-state index is 6.14. The van der Waals surface area contributed by atoms with Gasteiger partial charge in [-0.15, -0.1) is 0 Å². The predicted octanol–water partition coefficient (Wildman–Crippen LogP) is 5.31. The molecule has 0 saturated carbocycles. The fourth-order valence-electron chi connectivity index (χ4n) is 3.98. The topological polar surface area (TPSA) is 40.6 Å². The number of aromatic nitrogens is 1. The van der Waals surface area contributed by atoms with Crippen molar-refractivity contribution in [2.24, 2.45) is 0 Å². The van der Waals surface area contributed by atoms with Crippen LogP contribution in [-0.2, 0) is 11.3 Å². The van der Waals surface area contributed by atoms with E-state index in [1.807, 2.05) is 30.5 Å². The van der Waals surface area contributed by atoms with E-state index in [1.54, 1.807) is 0 Å². The summed E-state index contributed by atoms with van der Waals surface area (Å²) in [6.45, 7) is 10.9. The number of halogens is 1. The summed E-state index contributed by atoms with van der Waals surface area (Å²) in [5.74, 6) is 0. The van der Waals surface area contributed by atoms with E-state index in [2.05, 4.69) is 52.1 Å². The minimum absolute atomic E-state index is 0.698. The molecule has 1 N–H and O–H groups in total. The molecule has 0 atom stereocenters. The van der Waals surface area contributed by atoms with Crippen molar-refractivity contribution in [3.8, 4) is 0 Å². The van der Waals surface area contributed by atoms with Crippen molar-refractivity contribution < 1.29 is 4.74 Å². The Labute approximate surface area is 183 Å². The van der Waals surface area contributed by atoms with E-state index < -0.39 is 0 Å². The average molecular weight is 425 g/mol. The summed E-state index contributed by atoms with van der Waals surface area (Å²) < 4.78 is 5.56. The minimum atomic E-state index is 0.698. The number of nitrogens with one attached hydrogen (secondary N) is 1. The minimum Gasteiger partial charge on any atom is -0.378 e. The molecule has 3 aromatic rings. The lowest BCUT2D eigenvalue weighted by Crippen LogP contribution is -2.37. The van der Waals surface area contributed by atoms with Crippen LogP contribution in [0, 0.1) is 0 Å². The van der Waals surface area contributed by atoms with Gasteiger partial charge in [0.2, 0.25) is 0 Å². The predicted molar refractivity (Wildman–Crippen MR) is 126 cm³/mol. The molecule has 1 saturated heterocycles. The molecular weight excluding hydrogens is 396 g/mol. The van der Waals surface area contributed by atoms with Crippen molar-refractivity contribution in [2.75, 3.05) is 49.6 Å². The van der Waals surface area contributed by atoms with Gasteiger partial charge >= 0.3 is 0 Å². The zero-order valence-electron chi connectivity index (χ0n) is 17.7. The summed E-state index contributed by atoms with van der Waals surface area (Å²) >= 11 is 6.14. The van der Waals surface area contributed by atoms with Crippen LogP contribution >= 0.6 is 11.6 Å². The molecule has 0 aliphatic carbocycles. The van der Waals surface area contributed by atoms with Crippen molar-refractivity contribution in [3.05, 3.63) is 59.2 Å². The maximum atomic E-state index is 6.14. The van der Waals surface area contributed by atoms with Crippen LogP contribution in [0.2, 0.25) is 5.02 Å². The number of ether oxygens (including phenoxy) is 1. The van der Waals surface area contributed by atoms with Crippen LogP contribution < -0.4 is 10.2 Å². The number of hydrogen-bond acceptors (Lipinski definition) is 5. The molecule has 0 spiro atoms. The van der Waals surface area contributed by atoms with Gasteiger partial charge in [0, 0.05) is 53.3 Å². The summed E-state index contributed by atoms with van der Waals surface area (Å²) in [5, 5.41) is 5.36. The Hall–Kier alpha value is -2.34. The van der Waals surface area contributed by atoms with Crippen molar-refractivity contribution in [1.82, 2.24) is 9.88 Å². The van der Waals surface area contributed by atoms with Gasteiger partial charge < -0.3 is 15.0 Å². The summed E-state index contributed by atoms with van der Waals surface area (Å²) in [5.41, 5.74) is 5.65. The van der Waals surface area contributed by atoms with Crippen molar-refractivity contribution >= 4 is 39.6 Å². The van der Waals surface area contributed by atoms with Crippen molar-refractivity contribution in [2.45, 2.75) is 20.4 Å². The summed E-state index contributed by atoms with van der Waals surface area (Å²) in [4.78, 5) is 9.34. The van der Waals surface area contributed by atoms with E-state index in [1.165, 1.54) is 11.3 Å². The maximum Gasteiger partial charge on any atom is 0.0737 e. The second-order valence-corrected chi connectivity index (χ2v) is 7.99. The number of nitrogens with zero attached hydrogens (tertiary/aromatic N) is 3. The summed E-state index contributed by atoms with van der Waals surface area (Å²) in [7, 11) is 0. The first kappa shape index (κ1) is 20.9. The summed E-state index contributed by atoms with van der Waals surface area (Å²) in [6, 6.07) is 14.5. The number of anilines is 3. The van der Waals surface area contributed by atoms with Gasteiger partial charge in [-0.25, -0.2) is 0 Å². The first-order valence-electron chi connectivity index (χ1n) is 10.7. The lowest BCUT2D eigenvalue weighted by atomic mass is 10.1. The molecule has 1 fully saturated rings. The van der Waals surface area contributed by atoms with E-state index in [9.17, 15) is 0 Å². The first-order valence-corrected chi connectivity index (χ1v) is 11.0. The summed E-state index contributed by atoms with van der Waals surface area (Å²) in [6.07, 6.45) is 1.82. The molecule has 4 rings (SSSR count). The molecule has 2 heterocycles. The molecule has 0 unspecified atom stereocenters. The van der Waals surface area contributed by atoms with Crippen LogP contribution in [0.15, 0.2) is 48.7 Å². The zero-order chi connectivity index (χ0) is 20.9. The molecule has 2 aromatic carbocycles. The van der Waals surface area contributed by atoms with Crippen LogP contribution in [0.5, 0.6) is 0 Å². The van der Waals surface area contributed by atoms with Gasteiger partial charge in [-0.3, -0.25) is 9.88 Å². The highest BCUT2D eigenvalue weighted by atomic mass is 35.5. The second-order valence-electron chi connectivity index (χ2n) is 7.55. The Bertz CT molecular complexity index is 1000. The van der Waals surface area contributed by atoms with Crippen molar-refractivity contribution in [3.63, 3.8) is 0 Å². The smallest absolute Gasteiger partial charge is 0.0737 e. The van der Waals surface area contributed by atoms with Crippen LogP contribution in [-0.4, -0.2) is 49.3 Å². The SMILES string of the molecule is CCN(CC)Cc1cc(Nc2ccnc3cc(Cl)ccc23)ccc1N1CCOCC1. The van der Waals surface area contributed by atoms with Crippen LogP contribution in [0.1, 0.15) is 19.4 Å². The van der Waals surface area contributed by atoms with E-state index in [-0.39, 0.29) is 0 Å². The van der Waals surface area contributed by atoms with Gasteiger partial charge in [0.05, 0.1) is 18.7 Å². The first-order chi connectivity index (χ1) is 14.7. The molecule has 0 amide bonds. The highest BCUT2D eigenvalue weighted by Gasteiger charge is 2.17. The molecule has 1 aliphatic heterocycles. The molecule has 6 heteroatoms. The third kappa shape index (κ3) is 4.69. The van der Waals surface area contributed by atoms with Gasteiger partial charge in [0.15, 0.2) is 0 Å². The monoisotopic (exact) mass is 424 g/mol.